The third-order valence-corrected chi connectivity index (χ3v) is 4.37. The Balaban J connectivity index is 1.68. The second-order valence-electron chi connectivity index (χ2n) is 5.95. The van der Waals surface area contributed by atoms with Gasteiger partial charge >= 0.3 is 0 Å². The van der Waals surface area contributed by atoms with Crippen LogP contribution in [0.15, 0.2) is 40.8 Å². The lowest BCUT2D eigenvalue weighted by molar-refractivity contribution is -0.0514. The molecule has 2 aromatic rings. The van der Waals surface area contributed by atoms with E-state index in [2.05, 4.69) is 5.32 Å². The molecule has 1 amide bonds. The second-order valence-corrected chi connectivity index (χ2v) is 5.95. The van der Waals surface area contributed by atoms with Gasteiger partial charge in [-0.15, -0.1) is 0 Å². The monoisotopic (exact) mass is 333 g/mol. The lowest BCUT2D eigenvalue weighted by Gasteiger charge is -2.34. The van der Waals surface area contributed by atoms with E-state index in [-0.39, 0.29) is 29.6 Å². The largest absolute Gasteiger partial charge is 0.451 e. The highest BCUT2D eigenvalue weighted by Crippen LogP contribution is 2.24. The van der Waals surface area contributed by atoms with Gasteiger partial charge in [-0.3, -0.25) is 4.79 Å². The molecule has 3 atom stereocenters. The van der Waals surface area contributed by atoms with Crippen LogP contribution in [0.25, 0.3) is 11.3 Å². The predicted octanol–water partition coefficient (Wildman–Crippen LogP) is 2.74. The van der Waals surface area contributed by atoms with E-state index in [0.29, 0.717) is 17.7 Å². The summed E-state index contributed by atoms with van der Waals surface area (Å²) < 4.78 is 23.8. The van der Waals surface area contributed by atoms with Gasteiger partial charge in [-0.25, -0.2) is 4.39 Å². The Labute approximate surface area is 139 Å². The number of aliphatic hydroxyl groups excluding tert-OH is 1. The quantitative estimate of drug-likeness (QED) is 0.902. The fraction of sp³-hybridized carbons (Fsp3) is 0.389. The molecule has 3 rings (SSSR count). The SMILES string of the molecule is CO[C@@H]1CCC[C@@H](NC(=O)c2ccc(-c3ccc(F)cc3)o2)[C@H]1O. The normalized spacial score (nSPS) is 23.9. The number of methoxy groups -OCH3 is 1. The van der Waals surface area contributed by atoms with Gasteiger partial charge in [0.15, 0.2) is 5.76 Å². The van der Waals surface area contributed by atoms with Crippen molar-refractivity contribution in [2.45, 2.75) is 37.5 Å². The molecule has 1 fully saturated rings. The number of hydrogen-bond donors (Lipinski definition) is 2. The van der Waals surface area contributed by atoms with E-state index in [9.17, 15) is 14.3 Å². The number of ether oxygens (including phenoxy) is 1. The molecule has 24 heavy (non-hydrogen) atoms. The number of aliphatic hydroxyl groups is 1. The van der Waals surface area contributed by atoms with Gasteiger partial charge in [-0.2, -0.15) is 0 Å². The molecular formula is C18H20FNO4. The minimum atomic E-state index is -0.737. The summed E-state index contributed by atoms with van der Waals surface area (Å²) in [6.07, 6.45) is 1.34. The molecule has 1 heterocycles. The van der Waals surface area contributed by atoms with Gasteiger partial charge in [-0.05, 0) is 55.7 Å². The average Bonchev–Trinajstić information content (AvgIpc) is 3.07. The number of carbonyl (C=O) groups excluding carboxylic acids is 1. The van der Waals surface area contributed by atoms with Crippen molar-refractivity contribution in [3.63, 3.8) is 0 Å². The lowest BCUT2D eigenvalue weighted by Crippen LogP contribution is -2.51. The van der Waals surface area contributed by atoms with Crippen LogP contribution in [0.5, 0.6) is 0 Å². The molecule has 5 nitrogen and oxygen atoms in total. The Kier molecular flexibility index (Phi) is 4.97. The van der Waals surface area contributed by atoms with Crippen LogP contribution in [0.2, 0.25) is 0 Å². The van der Waals surface area contributed by atoms with E-state index < -0.39 is 6.10 Å². The number of hydrogen-bond acceptors (Lipinski definition) is 4. The number of rotatable bonds is 4. The lowest BCUT2D eigenvalue weighted by atomic mass is 9.90. The van der Waals surface area contributed by atoms with Crippen LogP contribution >= 0.6 is 0 Å². The van der Waals surface area contributed by atoms with Crippen LogP contribution in [0.1, 0.15) is 29.8 Å². The summed E-state index contributed by atoms with van der Waals surface area (Å²) in [6.45, 7) is 0. The maximum absolute atomic E-state index is 13.0. The summed E-state index contributed by atoms with van der Waals surface area (Å²) >= 11 is 0. The first-order chi connectivity index (χ1) is 11.6. The number of nitrogens with one attached hydrogen (secondary N) is 1. The molecule has 0 bridgehead atoms. The van der Waals surface area contributed by atoms with Crippen LogP contribution in [0, 0.1) is 5.82 Å². The Morgan fingerprint density at radius 2 is 2.00 bits per heavy atom. The highest BCUT2D eigenvalue weighted by molar-refractivity contribution is 5.92. The molecule has 1 aliphatic rings. The van der Waals surface area contributed by atoms with Gasteiger partial charge in [0.1, 0.15) is 17.7 Å². The molecule has 0 aliphatic heterocycles. The zero-order chi connectivity index (χ0) is 17.1. The summed E-state index contributed by atoms with van der Waals surface area (Å²) in [7, 11) is 1.56. The Hall–Kier alpha value is -2.18. The zero-order valence-electron chi connectivity index (χ0n) is 13.4. The van der Waals surface area contributed by atoms with Crippen molar-refractivity contribution in [3.8, 4) is 11.3 Å². The number of amides is 1. The summed E-state index contributed by atoms with van der Waals surface area (Å²) in [5.74, 6) is -0.0772. The molecule has 0 radical (unpaired) electrons. The highest BCUT2D eigenvalue weighted by Gasteiger charge is 2.33. The topological polar surface area (TPSA) is 71.7 Å². The van der Waals surface area contributed by atoms with Crippen LogP contribution in [0.3, 0.4) is 0 Å². The van der Waals surface area contributed by atoms with Gasteiger partial charge in [-0.1, -0.05) is 0 Å². The fourth-order valence-corrected chi connectivity index (χ4v) is 3.02. The summed E-state index contributed by atoms with van der Waals surface area (Å²) in [4.78, 5) is 12.3. The van der Waals surface area contributed by atoms with Crippen molar-refractivity contribution >= 4 is 5.91 Å². The molecule has 0 spiro atoms. The van der Waals surface area contributed by atoms with Gasteiger partial charge < -0.3 is 19.6 Å². The van der Waals surface area contributed by atoms with E-state index in [1.165, 1.54) is 12.1 Å². The van der Waals surface area contributed by atoms with Gasteiger partial charge in [0.05, 0.1) is 12.1 Å². The molecule has 0 unspecified atom stereocenters. The van der Waals surface area contributed by atoms with Crippen molar-refractivity contribution in [3.05, 3.63) is 48.0 Å². The van der Waals surface area contributed by atoms with Gasteiger partial charge in [0.2, 0.25) is 0 Å². The number of carbonyl (C=O) groups is 1. The first kappa shape index (κ1) is 16.7. The standard InChI is InChI=1S/C18H20FNO4/c1-23-15-4-2-3-13(17(15)21)20-18(22)16-10-9-14(24-16)11-5-7-12(19)8-6-11/h5-10,13,15,17,21H,2-4H2,1H3,(H,20,22)/t13-,15-,17-/m1/s1. The third kappa shape index (κ3) is 3.49. The molecule has 0 saturated heterocycles. The number of benzene rings is 1. The first-order valence-electron chi connectivity index (χ1n) is 7.96. The van der Waals surface area contributed by atoms with Gasteiger partial charge in [0, 0.05) is 12.7 Å². The van der Waals surface area contributed by atoms with Gasteiger partial charge in [0.25, 0.3) is 5.91 Å². The van der Waals surface area contributed by atoms with E-state index >= 15 is 0 Å². The van der Waals surface area contributed by atoms with Crippen molar-refractivity contribution in [1.82, 2.24) is 5.32 Å². The predicted molar refractivity (Wildman–Crippen MR) is 86.0 cm³/mol. The van der Waals surface area contributed by atoms with Crippen molar-refractivity contribution in [2.75, 3.05) is 7.11 Å². The molecule has 1 aromatic carbocycles. The van der Waals surface area contributed by atoms with E-state index in [0.717, 1.165) is 12.8 Å². The number of furan rings is 1. The molecule has 1 saturated carbocycles. The maximum atomic E-state index is 13.0. The molecular weight excluding hydrogens is 313 g/mol. The van der Waals surface area contributed by atoms with Crippen LogP contribution in [-0.2, 0) is 4.74 Å². The maximum Gasteiger partial charge on any atom is 0.287 e. The van der Waals surface area contributed by atoms with Crippen LogP contribution in [-0.4, -0.2) is 36.4 Å². The molecule has 2 N–H and O–H groups in total. The molecule has 1 aliphatic carbocycles. The van der Waals surface area contributed by atoms with Crippen molar-refractivity contribution in [2.24, 2.45) is 0 Å². The van der Waals surface area contributed by atoms with E-state index in [1.54, 1.807) is 31.4 Å². The Morgan fingerprint density at radius 1 is 1.25 bits per heavy atom. The van der Waals surface area contributed by atoms with E-state index in [4.69, 9.17) is 9.15 Å². The third-order valence-electron chi connectivity index (χ3n) is 4.37. The smallest absolute Gasteiger partial charge is 0.287 e. The minimum absolute atomic E-state index is 0.154. The van der Waals surface area contributed by atoms with Crippen molar-refractivity contribution < 1.29 is 23.4 Å². The second kappa shape index (κ2) is 7.15. The average molecular weight is 333 g/mol. The zero-order valence-corrected chi connectivity index (χ0v) is 13.4. The molecule has 128 valence electrons. The summed E-state index contributed by atoms with van der Waals surface area (Å²) in [5, 5.41) is 13.0. The summed E-state index contributed by atoms with van der Waals surface area (Å²) in [5.41, 5.74) is 0.688. The molecule has 6 heteroatoms. The summed E-state index contributed by atoms with van der Waals surface area (Å²) in [6, 6.07) is 8.71. The Bertz CT molecular complexity index is 697. The number of halogens is 1. The first-order valence-corrected chi connectivity index (χ1v) is 7.96. The molecule has 1 aromatic heterocycles. The van der Waals surface area contributed by atoms with Crippen molar-refractivity contribution in [1.29, 1.82) is 0 Å². The Morgan fingerprint density at radius 3 is 2.71 bits per heavy atom. The highest BCUT2D eigenvalue weighted by atomic mass is 19.1. The van der Waals surface area contributed by atoms with E-state index in [1.807, 2.05) is 0 Å². The minimum Gasteiger partial charge on any atom is -0.451 e. The fourth-order valence-electron chi connectivity index (χ4n) is 3.02. The van der Waals surface area contributed by atoms with Crippen LogP contribution in [0.4, 0.5) is 4.39 Å². The van der Waals surface area contributed by atoms with Crippen LogP contribution < -0.4 is 5.32 Å².